The van der Waals surface area contributed by atoms with E-state index < -0.39 is 0 Å². The molecule has 3 rings (SSSR count). The lowest BCUT2D eigenvalue weighted by molar-refractivity contribution is 0.900. The first-order valence-corrected chi connectivity index (χ1v) is 8.33. The summed E-state index contributed by atoms with van der Waals surface area (Å²) in [6.45, 7) is 4.33. The minimum absolute atomic E-state index is 0.195. The van der Waals surface area contributed by atoms with Gasteiger partial charge >= 0.3 is 0 Å². The van der Waals surface area contributed by atoms with Crippen LogP contribution in [0.4, 0.5) is 5.69 Å². The summed E-state index contributed by atoms with van der Waals surface area (Å²) in [4.78, 5) is 1.34. The van der Waals surface area contributed by atoms with E-state index in [4.69, 9.17) is 23.2 Å². The highest BCUT2D eigenvalue weighted by molar-refractivity contribution is 7.19. The minimum atomic E-state index is 0.195. The first kappa shape index (κ1) is 14.7. The van der Waals surface area contributed by atoms with E-state index in [2.05, 4.69) is 43.4 Å². The monoisotopic (exact) mass is 335 g/mol. The first-order valence-electron chi connectivity index (χ1n) is 6.76. The van der Waals surface area contributed by atoms with Gasteiger partial charge in [-0.05, 0) is 49.1 Å². The van der Waals surface area contributed by atoms with Crippen molar-refractivity contribution in [2.45, 2.75) is 19.9 Å². The van der Waals surface area contributed by atoms with Crippen molar-refractivity contribution >= 4 is 50.3 Å². The van der Waals surface area contributed by atoms with Crippen molar-refractivity contribution in [3.8, 4) is 0 Å². The molecule has 4 heteroatoms. The Labute approximate surface area is 138 Å². The molecule has 1 unspecified atom stereocenters. The van der Waals surface area contributed by atoms with Gasteiger partial charge in [0.05, 0.1) is 16.8 Å². The Bertz CT molecular complexity index is 795. The maximum Gasteiger partial charge on any atom is 0.0652 e. The standard InChI is InChI=1S/C17H15Cl2NS/c1-10-13-5-3-4-6-16(13)21-17(10)11(2)20-15-8-7-12(18)9-14(15)19/h3-9,11,20H,1-2H3. The highest BCUT2D eigenvalue weighted by atomic mass is 35.5. The van der Waals surface area contributed by atoms with Crippen LogP contribution in [0, 0.1) is 6.92 Å². The van der Waals surface area contributed by atoms with Gasteiger partial charge in [-0.25, -0.2) is 0 Å². The summed E-state index contributed by atoms with van der Waals surface area (Å²) >= 11 is 14.0. The van der Waals surface area contributed by atoms with Gasteiger partial charge in [0.1, 0.15) is 0 Å². The Hall–Kier alpha value is -1.22. The lowest BCUT2D eigenvalue weighted by Gasteiger charge is -2.16. The second-order valence-corrected chi connectivity index (χ2v) is 7.01. The van der Waals surface area contributed by atoms with Gasteiger partial charge in [-0.15, -0.1) is 11.3 Å². The molecule has 1 heterocycles. The summed E-state index contributed by atoms with van der Waals surface area (Å²) in [5, 5.41) is 6.10. The van der Waals surface area contributed by atoms with Crippen LogP contribution in [0.1, 0.15) is 23.4 Å². The molecule has 1 atom stereocenters. The third kappa shape index (κ3) is 2.89. The van der Waals surface area contributed by atoms with Gasteiger partial charge in [0, 0.05) is 14.6 Å². The summed E-state index contributed by atoms with van der Waals surface area (Å²) in [7, 11) is 0. The number of benzene rings is 2. The third-order valence-corrected chi connectivity index (χ3v) is 5.58. The number of thiophene rings is 1. The average Bonchev–Trinajstić information content (AvgIpc) is 2.80. The van der Waals surface area contributed by atoms with E-state index in [-0.39, 0.29) is 6.04 Å². The van der Waals surface area contributed by atoms with E-state index in [1.165, 1.54) is 20.5 Å². The van der Waals surface area contributed by atoms with Gasteiger partial charge in [0.15, 0.2) is 0 Å². The van der Waals surface area contributed by atoms with Gasteiger partial charge in [-0.3, -0.25) is 0 Å². The van der Waals surface area contributed by atoms with Crippen molar-refractivity contribution in [3.05, 3.63) is 63.0 Å². The van der Waals surface area contributed by atoms with Crippen molar-refractivity contribution < 1.29 is 0 Å². The van der Waals surface area contributed by atoms with Crippen molar-refractivity contribution in [3.63, 3.8) is 0 Å². The summed E-state index contributed by atoms with van der Waals surface area (Å²) in [6.07, 6.45) is 0. The smallest absolute Gasteiger partial charge is 0.0652 e. The zero-order chi connectivity index (χ0) is 15.0. The van der Waals surface area contributed by atoms with Gasteiger partial charge in [0.25, 0.3) is 0 Å². The fourth-order valence-electron chi connectivity index (χ4n) is 2.51. The Morgan fingerprint density at radius 1 is 1.10 bits per heavy atom. The maximum atomic E-state index is 6.24. The predicted molar refractivity (Wildman–Crippen MR) is 95.1 cm³/mol. The number of anilines is 1. The summed E-state index contributed by atoms with van der Waals surface area (Å²) in [5.41, 5.74) is 2.24. The van der Waals surface area contributed by atoms with E-state index in [1.54, 1.807) is 6.07 Å². The zero-order valence-electron chi connectivity index (χ0n) is 11.8. The van der Waals surface area contributed by atoms with Crippen molar-refractivity contribution in [1.82, 2.24) is 0 Å². The van der Waals surface area contributed by atoms with Gasteiger partial charge < -0.3 is 5.32 Å². The Morgan fingerprint density at radius 2 is 1.86 bits per heavy atom. The molecular formula is C17H15Cl2NS. The molecule has 0 radical (unpaired) electrons. The van der Waals surface area contributed by atoms with Crippen LogP contribution in [0.3, 0.4) is 0 Å². The minimum Gasteiger partial charge on any atom is -0.376 e. The van der Waals surface area contributed by atoms with E-state index in [9.17, 15) is 0 Å². The van der Waals surface area contributed by atoms with Crippen LogP contribution in [0.2, 0.25) is 10.0 Å². The second-order valence-electron chi connectivity index (χ2n) is 5.08. The number of fused-ring (bicyclic) bond motifs is 1. The molecule has 0 aliphatic rings. The molecule has 21 heavy (non-hydrogen) atoms. The molecule has 1 N–H and O–H groups in total. The topological polar surface area (TPSA) is 12.0 Å². The molecule has 0 aliphatic carbocycles. The average molecular weight is 336 g/mol. The Kier molecular flexibility index (Phi) is 4.12. The molecule has 0 fully saturated rings. The Balaban J connectivity index is 1.93. The number of halogens is 2. The largest absolute Gasteiger partial charge is 0.376 e. The van der Waals surface area contributed by atoms with Gasteiger partial charge in [-0.1, -0.05) is 41.4 Å². The molecule has 3 aromatic rings. The molecule has 1 aromatic heterocycles. The van der Waals surface area contributed by atoms with Crippen LogP contribution in [-0.4, -0.2) is 0 Å². The quantitative estimate of drug-likeness (QED) is 0.562. The molecule has 108 valence electrons. The first-order chi connectivity index (χ1) is 10.1. The van der Waals surface area contributed by atoms with Crippen LogP contribution in [0.5, 0.6) is 0 Å². The van der Waals surface area contributed by atoms with Crippen LogP contribution in [0.15, 0.2) is 42.5 Å². The lowest BCUT2D eigenvalue weighted by Crippen LogP contribution is -2.06. The number of hydrogen-bond donors (Lipinski definition) is 1. The fraction of sp³-hybridized carbons (Fsp3) is 0.176. The van der Waals surface area contributed by atoms with Crippen LogP contribution < -0.4 is 5.32 Å². The third-order valence-electron chi connectivity index (χ3n) is 3.58. The van der Waals surface area contributed by atoms with Gasteiger partial charge in [0.2, 0.25) is 0 Å². The van der Waals surface area contributed by atoms with Crippen molar-refractivity contribution in [2.75, 3.05) is 5.32 Å². The molecule has 0 saturated heterocycles. The van der Waals surface area contributed by atoms with E-state index >= 15 is 0 Å². The van der Waals surface area contributed by atoms with Crippen LogP contribution in [0.25, 0.3) is 10.1 Å². The molecule has 0 spiro atoms. The predicted octanol–water partition coefficient (Wildman–Crippen LogP) is 6.69. The van der Waals surface area contributed by atoms with E-state index in [0.29, 0.717) is 10.0 Å². The highest BCUT2D eigenvalue weighted by Gasteiger charge is 2.15. The molecule has 2 aromatic carbocycles. The molecule has 0 aliphatic heterocycles. The zero-order valence-corrected chi connectivity index (χ0v) is 14.1. The van der Waals surface area contributed by atoms with Crippen molar-refractivity contribution in [2.24, 2.45) is 0 Å². The lowest BCUT2D eigenvalue weighted by atomic mass is 10.1. The maximum absolute atomic E-state index is 6.24. The summed E-state index contributed by atoms with van der Waals surface area (Å²) in [5.74, 6) is 0. The normalized spacial score (nSPS) is 12.6. The van der Waals surface area contributed by atoms with Crippen LogP contribution in [-0.2, 0) is 0 Å². The van der Waals surface area contributed by atoms with Crippen LogP contribution >= 0.6 is 34.5 Å². The highest BCUT2D eigenvalue weighted by Crippen LogP contribution is 2.37. The molecule has 0 saturated carbocycles. The molecular weight excluding hydrogens is 321 g/mol. The summed E-state index contributed by atoms with van der Waals surface area (Å²) in [6, 6.07) is 14.2. The SMILES string of the molecule is Cc1c(C(C)Nc2ccc(Cl)cc2Cl)sc2ccccc12. The number of aryl methyl sites for hydroxylation is 1. The number of rotatable bonds is 3. The second kappa shape index (κ2) is 5.88. The van der Waals surface area contributed by atoms with Gasteiger partial charge in [-0.2, -0.15) is 0 Å². The number of hydrogen-bond acceptors (Lipinski definition) is 2. The molecule has 0 amide bonds. The number of nitrogens with one attached hydrogen (secondary N) is 1. The summed E-state index contributed by atoms with van der Waals surface area (Å²) < 4.78 is 1.32. The fourth-order valence-corrected chi connectivity index (χ4v) is 4.19. The molecule has 0 bridgehead atoms. The van der Waals surface area contributed by atoms with E-state index in [1.807, 2.05) is 23.5 Å². The van der Waals surface area contributed by atoms with E-state index in [0.717, 1.165) is 5.69 Å². The Morgan fingerprint density at radius 3 is 2.57 bits per heavy atom. The molecule has 1 nitrogen and oxygen atoms in total. The van der Waals surface area contributed by atoms with Crippen molar-refractivity contribution in [1.29, 1.82) is 0 Å².